The fraction of sp³-hybridized carbons (Fsp3) is 0.0769. The van der Waals surface area contributed by atoms with E-state index in [1.807, 2.05) is 0 Å². The van der Waals surface area contributed by atoms with Crippen LogP contribution in [0.4, 0.5) is 11.5 Å². The van der Waals surface area contributed by atoms with Gasteiger partial charge >= 0.3 is 0 Å². The Morgan fingerprint density at radius 3 is 2.61 bits per heavy atom. The highest BCUT2D eigenvalue weighted by Crippen LogP contribution is 2.13. The van der Waals surface area contributed by atoms with E-state index in [9.17, 15) is 4.79 Å². The molecule has 0 atom stereocenters. The summed E-state index contributed by atoms with van der Waals surface area (Å²) in [5.41, 5.74) is 7.38. The summed E-state index contributed by atoms with van der Waals surface area (Å²) in [6, 6.07) is 10.2. The van der Waals surface area contributed by atoms with Gasteiger partial charge in [-0.05, 0) is 29.8 Å². The Kier molecular flexibility index (Phi) is 3.54. The maximum absolute atomic E-state index is 11.9. The van der Waals surface area contributed by atoms with Gasteiger partial charge in [0.05, 0.1) is 12.2 Å². The Balaban J connectivity index is 2.14. The van der Waals surface area contributed by atoms with Gasteiger partial charge in [-0.3, -0.25) is 4.79 Å². The molecule has 5 nitrogen and oxygen atoms in total. The minimum absolute atomic E-state index is 0.0240. The van der Waals surface area contributed by atoms with Crippen LogP contribution < -0.4 is 11.1 Å². The topological polar surface area (TPSA) is 88.2 Å². The van der Waals surface area contributed by atoms with Crippen molar-refractivity contribution in [2.45, 2.75) is 6.61 Å². The van der Waals surface area contributed by atoms with Gasteiger partial charge in [0.1, 0.15) is 5.82 Å². The molecule has 1 amide bonds. The standard InChI is InChI=1S/C13H13N3O2/c14-12-11(2-1-7-15-12)13(18)16-10-5-3-9(8-17)4-6-10/h1-7,17H,8H2,(H2,14,15)(H,16,18). The van der Waals surface area contributed by atoms with Crippen LogP contribution in [-0.2, 0) is 6.61 Å². The average molecular weight is 243 g/mol. The molecule has 1 aromatic carbocycles. The number of nitrogens with two attached hydrogens (primary N) is 1. The molecule has 1 heterocycles. The van der Waals surface area contributed by atoms with E-state index in [0.717, 1.165) is 5.56 Å². The average Bonchev–Trinajstić information content (AvgIpc) is 2.40. The molecule has 0 aliphatic heterocycles. The number of aliphatic hydroxyl groups is 1. The number of aliphatic hydroxyl groups excluding tert-OH is 1. The summed E-state index contributed by atoms with van der Waals surface area (Å²) in [7, 11) is 0. The Labute approximate surface area is 104 Å². The number of hydrogen-bond donors (Lipinski definition) is 3. The van der Waals surface area contributed by atoms with Crippen LogP contribution in [0.5, 0.6) is 0 Å². The van der Waals surface area contributed by atoms with E-state index in [1.165, 1.54) is 6.20 Å². The van der Waals surface area contributed by atoms with Crippen LogP contribution >= 0.6 is 0 Å². The van der Waals surface area contributed by atoms with Crippen molar-refractivity contribution in [3.8, 4) is 0 Å². The second kappa shape index (κ2) is 5.29. The highest BCUT2D eigenvalue weighted by atomic mass is 16.3. The number of nitrogen functional groups attached to an aromatic ring is 1. The van der Waals surface area contributed by atoms with Crippen LogP contribution in [0.3, 0.4) is 0 Å². The lowest BCUT2D eigenvalue weighted by Crippen LogP contribution is -2.14. The smallest absolute Gasteiger partial charge is 0.259 e. The summed E-state index contributed by atoms with van der Waals surface area (Å²) in [5.74, 6) is -0.112. The maximum atomic E-state index is 11.9. The minimum Gasteiger partial charge on any atom is -0.392 e. The van der Waals surface area contributed by atoms with Crippen molar-refractivity contribution in [2.24, 2.45) is 0 Å². The van der Waals surface area contributed by atoms with Crippen molar-refractivity contribution in [2.75, 3.05) is 11.1 Å². The number of rotatable bonds is 3. The number of anilines is 2. The molecule has 0 aliphatic carbocycles. The molecule has 0 spiro atoms. The quantitative estimate of drug-likeness (QED) is 0.760. The summed E-state index contributed by atoms with van der Waals surface area (Å²) in [6.45, 7) is -0.0240. The van der Waals surface area contributed by atoms with E-state index >= 15 is 0 Å². The Hall–Kier alpha value is -2.40. The molecule has 92 valence electrons. The predicted molar refractivity (Wildman–Crippen MR) is 69.0 cm³/mol. The molecule has 0 unspecified atom stereocenters. The normalized spacial score (nSPS) is 10.1. The molecule has 0 saturated heterocycles. The molecule has 5 heteroatoms. The third-order valence-electron chi connectivity index (χ3n) is 2.48. The number of carbonyl (C=O) groups excluding carboxylic acids is 1. The molecule has 0 fully saturated rings. The number of benzene rings is 1. The molecule has 0 aliphatic rings. The molecule has 0 bridgehead atoms. The monoisotopic (exact) mass is 243 g/mol. The van der Waals surface area contributed by atoms with E-state index in [2.05, 4.69) is 10.3 Å². The lowest BCUT2D eigenvalue weighted by molar-refractivity contribution is 0.102. The number of nitrogens with one attached hydrogen (secondary N) is 1. The van der Waals surface area contributed by atoms with Gasteiger partial charge < -0.3 is 16.2 Å². The van der Waals surface area contributed by atoms with Crippen LogP contribution in [0.2, 0.25) is 0 Å². The third-order valence-corrected chi connectivity index (χ3v) is 2.48. The molecule has 2 rings (SSSR count). The summed E-state index contributed by atoms with van der Waals surface area (Å²) >= 11 is 0. The van der Waals surface area contributed by atoms with Crippen molar-refractivity contribution in [1.82, 2.24) is 4.98 Å². The molecule has 1 aromatic heterocycles. The summed E-state index contributed by atoms with van der Waals surface area (Å²) in [6.07, 6.45) is 1.53. The highest BCUT2D eigenvalue weighted by Gasteiger charge is 2.09. The lowest BCUT2D eigenvalue weighted by Gasteiger charge is -2.07. The Bertz CT molecular complexity index is 552. The number of nitrogens with zero attached hydrogens (tertiary/aromatic N) is 1. The van der Waals surface area contributed by atoms with E-state index in [1.54, 1.807) is 36.4 Å². The van der Waals surface area contributed by atoms with Gasteiger partial charge in [0, 0.05) is 11.9 Å². The summed E-state index contributed by atoms with van der Waals surface area (Å²) < 4.78 is 0. The summed E-state index contributed by atoms with van der Waals surface area (Å²) in [5, 5.41) is 11.6. The van der Waals surface area contributed by atoms with Gasteiger partial charge in [-0.2, -0.15) is 0 Å². The van der Waals surface area contributed by atoms with Gasteiger partial charge in [-0.15, -0.1) is 0 Å². The molecule has 0 saturated carbocycles. The van der Waals surface area contributed by atoms with Gasteiger partial charge in [-0.25, -0.2) is 4.98 Å². The molecule has 4 N–H and O–H groups in total. The van der Waals surface area contributed by atoms with Gasteiger partial charge in [-0.1, -0.05) is 12.1 Å². The van der Waals surface area contributed by atoms with Crippen LogP contribution in [0.15, 0.2) is 42.6 Å². The van der Waals surface area contributed by atoms with Crippen molar-refractivity contribution < 1.29 is 9.90 Å². The van der Waals surface area contributed by atoms with Crippen molar-refractivity contribution in [1.29, 1.82) is 0 Å². The van der Waals surface area contributed by atoms with Crippen LogP contribution in [0.25, 0.3) is 0 Å². The summed E-state index contributed by atoms with van der Waals surface area (Å²) in [4.78, 5) is 15.8. The van der Waals surface area contributed by atoms with Crippen LogP contribution in [-0.4, -0.2) is 16.0 Å². The number of hydrogen-bond acceptors (Lipinski definition) is 4. The van der Waals surface area contributed by atoms with E-state index in [-0.39, 0.29) is 18.3 Å². The Morgan fingerprint density at radius 2 is 2.00 bits per heavy atom. The first-order valence-electron chi connectivity index (χ1n) is 5.42. The second-order valence-electron chi connectivity index (χ2n) is 3.75. The minimum atomic E-state index is -0.308. The maximum Gasteiger partial charge on any atom is 0.259 e. The fourth-order valence-corrected chi connectivity index (χ4v) is 1.50. The third kappa shape index (κ3) is 2.64. The predicted octanol–water partition coefficient (Wildman–Crippen LogP) is 1.41. The fourth-order valence-electron chi connectivity index (χ4n) is 1.50. The van der Waals surface area contributed by atoms with Crippen molar-refractivity contribution >= 4 is 17.4 Å². The zero-order valence-corrected chi connectivity index (χ0v) is 9.63. The highest BCUT2D eigenvalue weighted by molar-refractivity contribution is 6.07. The number of carbonyl (C=O) groups is 1. The van der Waals surface area contributed by atoms with Gasteiger partial charge in [0.15, 0.2) is 0 Å². The first-order chi connectivity index (χ1) is 8.70. The van der Waals surface area contributed by atoms with Crippen LogP contribution in [0.1, 0.15) is 15.9 Å². The zero-order chi connectivity index (χ0) is 13.0. The first-order valence-corrected chi connectivity index (χ1v) is 5.42. The molecular weight excluding hydrogens is 230 g/mol. The zero-order valence-electron chi connectivity index (χ0n) is 9.63. The van der Waals surface area contributed by atoms with Gasteiger partial charge in [0.25, 0.3) is 5.91 Å². The van der Waals surface area contributed by atoms with E-state index < -0.39 is 0 Å². The van der Waals surface area contributed by atoms with Gasteiger partial charge in [0.2, 0.25) is 0 Å². The first kappa shape index (κ1) is 12.1. The van der Waals surface area contributed by atoms with Crippen molar-refractivity contribution in [3.05, 3.63) is 53.7 Å². The largest absolute Gasteiger partial charge is 0.392 e. The second-order valence-corrected chi connectivity index (χ2v) is 3.75. The molecule has 0 radical (unpaired) electrons. The number of amides is 1. The van der Waals surface area contributed by atoms with E-state index in [4.69, 9.17) is 10.8 Å². The molecule has 18 heavy (non-hydrogen) atoms. The number of pyridine rings is 1. The molecule has 2 aromatic rings. The van der Waals surface area contributed by atoms with Crippen molar-refractivity contribution in [3.63, 3.8) is 0 Å². The lowest BCUT2D eigenvalue weighted by atomic mass is 10.2. The van der Waals surface area contributed by atoms with Crippen LogP contribution in [0, 0.1) is 0 Å². The Morgan fingerprint density at radius 1 is 1.28 bits per heavy atom. The SMILES string of the molecule is Nc1ncccc1C(=O)Nc1ccc(CO)cc1. The number of aromatic nitrogens is 1. The van der Waals surface area contributed by atoms with E-state index in [0.29, 0.717) is 11.3 Å². The molecular formula is C13H13N3O2.